The average Bonchev–Trinajstić information content (AvgIpc) is 2.95. The van der Waals surface area contributed by atoms with Crippen molar-refractivity contribution in [3.63, 3.8) is 0 Å². The van der Waals surface area contributed by atoms with E-state index in [1.807, 2.05) is 61.5 Å². The molecule has 4 rings (SSSR count). The van der Waals surface area contributed by atoms with Crippen LogP contribution in [0.15, 0.2) is 66.7 Å². The number of nitrogens with one attached hydrogen (secondary N) is 1. The van der Waals surface area contributed by atoms with Gasteiger partial charge in [0.05, 0.1) is 23.1 Å². The Balaban J connectivity index is 1.32. The SMILES string of the molecule is COc1ccc(CN2CCC(CCC(CNC(=O)C(C)c3cccc(Cl)c3)c3ccc(Cl)c(Cl)c3)CC2)cc1. The Labute approximate surface area is 247 Å². The first-order chi connectivity index (χ1) is 18.8. The second-order valence-electron chi connectivity index (χ2n) is 10.5. The zero-order valence-electron chi connectivity index (χ0n) is 22.6. The summed E-state index contributed by atoms with van der Waals surface area (Å²) in [4.78, 5) is 15.6. The molecule has 4 nitrogen and oxygen atoms in total. The minimum absolute atomic E-state index is 0.00540. The summed E-state index contributed by atoms with van der Waals surface area (Å²) in [5, 5.41) is 4.91. The normalized spacial score (nSPS) is 16.0. The second-order valence-corrected chi connectivity index (χ2v) is 11.8. The molecule has 1 N–H and O–H groups in total. The summed E-state index contributed by atoms with van der Waals surface area (Å²) in [5.74, 6) is 1.43. The fourth-order valence-electron chi connectivity index (χ4n) is 5.32. The minimum Gasteiger partial charge on any atom is -0.497 e. The summed E-state index contributed by atoms with van der Waals surface area (Å²) in [6.07, 6.45) is 4.46. The average molecular weight is 588 g/mol. The van der Waals surface area contributed by atoms with Crippen LogP contribution in [0.3, 0.4) is 0 Å². The first kappa shape index (κ1) is 29.7. The highest BCUT2D eigenvalue weighted by molar-refractivity contribution is 6.42. The molecule has 1 fully saturated rings. The molecule has 2 unspecified atom stereocenters. The first-order valence-corrected chi connectivity index (χ1v) is 14.8. The van der Waals surface area contributed by atoms with Gasteiger partial charge in [0.25, 0.3) is 0 Å². The van der Waals surface area contributed by atoms with Crippen LogP contribution in [0.1, 0.15) is 61.1 Å². The molecule has 0 bridgehead atoms. The van der Waals surface area contributed by atoms with Crippen molar-refractivity contribution < 1.29 is 9.53 Å². The highest BCUT2D eigenvalue weighted by Gasteiger charge is 2.23. The third-order valence-electron chi connectivity index (χ3n) is 7.88. The summed E-state index contributed by atoms with van der Waals surface area (Å²) >= 11 is 18.7. The topological polar surface area (TPSA) is 41.6 Å². The maximum absolute atomic E-state index is 13.0. The van der Waals surface area contributed by atoms with Crippen molar-refractivity contribution in [1.82, 2.24) is 10.2 Å². The van der Waals surface area contributed by atoms with Crippen molar-refractivity contribution in [1.29, 1.82) is 0 Å². The largest absolute Gasteiger partial charge is 0.497 e. The summed E-state index contributed by atoms with van der Waals surface area (Å²) in [5.41, 5.74) is 3.33. The van der Waals surface area contributed by atoms with Gasteiger partial charge < -0.3 is 10.1 Å². The van der Waals surface area contributed by atoms with Gasteiger partial charge in [-0.25, -0.2) is 0 Å². The Morgan fingerprint density at radius 3 is 2.38 bits per heavy atom. The number of benzene rings is 3. The van der Waals surface area contributed by atoms with E-state index >= 15 is 0 Å². The maximum atomic E-state index is 13.0. The molecule has 1 amide bonds. The number of likely N-dealkylation sites (tertiary alicyclic amines) is 1. The monoisotopic (exact) mass is 586 g/mol. The van der Waals surface area contributed by atoms with Crippen molar-refractivity contribution in [3.05, 3.63) is 98.5 Å². The minimum atomic E-state index is -0.284. The van der Waals surface area contributed by atoms with Crippen molar-refractivity contribution in [2.75, 3.05) is 26.7 Å². The zero-order valence-corrected chi connectivity index (χ0v) is 24.9. The number of amides is 1. The summed E-state index contributed by atoms with van der Waals surface area (Å²) in [6.45, 7) is 5.64. The molecule has 2 atom stereocenters. The molecule has 1 aliphatic heterocycles. The molecule has 1 saturated heterocycles. The molecule has 3 aromatic carbocycles. The number of hydrogen-bond donors (Lipinski definition) is 1. The van der Waals surface area contributed by atoms with Gasteiger partial charge in [-0.1, -0.05) is 65.1 Å². The molecule has 0 aromatic heterocycles. The molecule has 208 valence electrons. The molecule has 0 radical (unpaired) electrons. The van der Waals surface area contributed by atoms with E-state index in [4.69, 9.17) is 39.5 Å². The van der Waals surface area contributed by atoms with Crippen LogP contribution in [-0.4, -0.2) is 37.6 Å². The van der Waals surface area contributed by atoms with Crippen LogP contribution in [0.25, 0.3) is 0 Å². The summed E-state index contributed by atoms with van der Waals surface area (Å²) in [6, 6.07) is 21.7. The van der Waals surface area contributed by atoms with Crippen LogP contribution in [0.2, 0.25) is 15.1 Å². The molecular formula is C32H37Cl3N2O2. The number of rotatable bonds is 11. The number of carbonyl (C=O) groups excluding carboxylic acids is 1. The second kappa shape index (κ2) is 14.4. The molecule has 0 saturated carbocycles. The molecule has 0 spiro atoms. The quantitative estimate of drug-likeness (QED) is 0.245. The molecule has 0 aliphatic carbocycles. The summed E-state index contributed by atoms with van der Waals surface area (Å²) in [7, 11) is 1.70. The van der Waals surface area contributed by atoms with Gasteiger partial charge >= 0.3 is 0 Å². The first-order valence-electron chi connectivity index (χ1n) is 13.7. The highest BCUT2D eigenvalue weighted by Crippen LogP contribution is 2.32. The van der Waals surface area contributed by atoms with Crippen molar-refractivity contribution in [2.24, 2.45) is 5.92 Å². The fourth-order valence-corrected chi connectivity index (χ4v) is 5.82. The summed E-state index contributed by atoms with van der Waals surface area (Å²) < 4.78 is 5.27. The van der Waals surface area contributed by atoms with Crippen LogP contribution in [-0.2, 0) is 11.3 Å². The molecular weight excluding hydrogens is 551 g/mol. The van der Waals surface area contributed by atoms with Crippen LogP contribution < -0.4 is 10.1 Å². The highest BCUT2D eigenvalue weighted by atomic mass is 35.5. The number of nitrogens with zero attached hydrogens (tertiary/aromatic N) is 1. The Kier molecular flexibility index (Phi) is 11.0. The van der Waals surface area contributed by atoms with E-state index in [1.54, 1.807) is 7.11 Å². The lowest BCUT2D eigenvalue weighted by Gasteiger charge is -2.33. The smallest absolute Gasteiger partial charge is 0.227 e. The number of piperidine rings is 1. The van der Waals surface area contributed by atoms with Gasteiger partial charge in [0.15, 0.2) is 0 Å². The third-order valence-corrected chi connectivity index (χ3v) is 8.85. The van der Waals surface area contributed by atoms with E-state index in [0.29, 0.717) is 27.5 Å². The standard InChI is InChI=1S/C32H37Cl3N2O2/c1-22(25-4-3-5-28(33)18-25)32(38)36-20-27(26-10-13-30(34)31(35)19-26)9-6-23-14-16-37(17-15-23)21-24-7-11-29(39-2)12-8-24/h3-5,7-8,10-13,18-19,22-23,27H,6,9,14-17,20-21H2,1-2H3,(H,36,38). The van der Waals surface area contributed by atoms with E-state index in [9.17, 15) is 4.79 Å². The predicted octanol–water partition coefficient (Wildman–Crippen LogP) is 8.35. The van der Waals surface area contributed by atoms with Crippen molar-refractivity contribution in [2.45, 2.75) is 51.0 Å². The lowest BCUT2D eigenvalue weighted by atomic mass is 9.86. The number of methoxy groups -OCH3 is 1. The predicted molar refractivity (Wildman–Crippen MR) is 162 cm³/mol. The maximum Gasteiger partial charge on any atom is 0.227 e. The number of hydrogen-bond acceptors (Lipinski definition) is 3. The van der Waals surface area contributed by atoms with Gasteiger partial charge in [-0.2, -0.15) is 0 Å². The van der Waals surface area contributed by atoms with Gasteiger partial charge in [-0.3, -0.25) is 9.69 Å². The van der Waals surface area contributed by atoms with Gasteiger partial charge in [-0.05, 0) is 105 Å². The number of halogens is 3. The van der Waals surface area contributed by atoms with Gasteiger partial charge in [0.2, 0.25) is 5.91 Å². The Bertz CT molecular complexity index is 1230. The number of ether oxygens (including phenoxy) is 1. The van der Waals surface area contributed by atoms with Crippen molar-refractivity contribution in [3.8, 4) is 5.75 Å². The van der Waals surface area contributed by atoms with E-state index in [-0.39, 0.29) is 17.7 Å². The van der Waals surface area contributed by atoms with E-state index in [0.717, 1.165) is 49.4 Å². The Morgan fingerprint density at radius 2 is 1.72 bits per heavy atom. The van der Waals surface area contributed by atoms with Gasteiger partial charge in [0, 0.05) is 24.0 Å². The Hall–Kier alpha value is -2.24. The van der Waals surface area contributed by atoms with Crippen LogP contribution >= 0.6 is 34.8 Å². The molecule has 3 aromatic rings. The molecule has 39 heavy (non-hydrogen) atoms. The lowest BCUT2D eigenvalue weighted by Crippen LogP contribution is -2.34. The van der Waals surface area contributed by atoms with Gasteiger partial charge in [-0.15, -0.1) is 0 Å². The third kappa shape index (κ3) is 8.62. The van der Waals surface area contributed by atoms with Gasteiger partial charge in [0.1, 0.15) is 5.75 Å². The van der Waals surface area contributed by atoms with E-state index < -0.39 is 0 Å². The molecule has 7 heteroatoms. The molecule has 1 aliphatic rings. The fraction of sp³-hybridized carbons (Fsp3) is 0.406. The molecule has 1 heterocycles. The van der Waals surface area contributed by atoms with E-state index in [2.05, 4.69) is 22.3 Å². The zero-order chi connectivity index (χ0) is 27.8. The van der Waals surface area contributed by atoms with Crippen LogP contribution in [0.5, 0.6) is 5.75 Å². The lowest BCUT2D eigenvalue weighted by molar-refractivity contribution is -0.122. The van der Waals surface area contributed by atoms with Crippen molar-refractivity contribution >= 4 is 40.7 Å². The van der Waals surface area contributed by atoms with Crippen LogP contribution in [0, 0.1) is 5.92 Å². The van der Waals surface area contributed by atoms with E-state index in [1.165, 1.54) is 18.4 Å². The Morgan fingerprint density at radius 1 is 0.974 bits per heavy atom. The van der Waals surface area contributed by atoms with Crippen LogP contribution in [0.4, 0.5) is 0 Å². The number of carbonyl (C=O) groups is 1.